The lowest BCUT2D eigenvalue weighted by Crippen LogP contribution is -2.50. The Kier molecular flexibility index (Phi) is 6.82. The minimum atomic E-state index is -3.44. The molecule has 7 nitrogen and oxygen atoms in total. The summed E-state index contributed by atoms with van der Waals surface area (Å²) in [5, 5.41) is 8.63. The van der Waals surface area contributed by atoms with Gasteiger partial charge in [-0.05, 0) is 25.7 Å². The van der Waals surface area contributed by atoms with Gasteiger partial charge in [0.1, 0.15) is 6.61 Å². The molecule has 8 heteroatoms. The Labute approximate surface area is 138 Å². The Morgan fingerprint density at radius 1 is 1.13 bits per heavy atom. The van der Waals surface area contributed by atoms with Gasteiger partial charge in [0.25, 0.3) is 10.2 Å². The van der Waals surface area contributed by atoms with E-state index in [2.05, 4.69) is 0 Å². The van der Waals surface area contributed by atoms with Crippen LogP contribution in [0, 0.1) is 0 Å². The predicted molar refractivity (Wildman–Crippen MR) is 86.4 cm³/mol. The molecular weight excluding hydrogens is 320 g/mol. The Bertz CT molecular complexity index is 480. The minimum Gasteiger partial charge on any atom is -0.480 e. The standard InChI is InChI=1S/C15H28N2O5S/c1-16(13-6-4-2-3-5-7-13)23(20,21)17-10-8-14(9-11-17)22-12-15(18)19/h13-14H,2-12H2,1H3,(H,18,19). The molecule has 0 aromatic heterocycles. The van der Waals surface area contributed by atoms with E-state index < -0.39 is 16.2 Å². The SMILES string of the molecule is CN(C1CCCCCC1)S(=O)(=O)N1CCC(OCC(=O)O)CC1. The molecule has 1 aliphatic carbocycles. The van der Waals surface area contributed by atoms with Gasteiger partial charge in [0.15, 0.2) is 0 Å². The van der Waals surface area contributed by atoms with Gasteiger partial charge in [-0.3, -0.25) is 0 Å². The molecule has 134 valence electrons. The lowest BCUT2D eigenvalue weighted by Gasteiger charge is -2.36. The smallest absolute Gasteiger partial charge is 0.329 e. The number of aliphatic carboxylic acids is 1. The summed E-state index contributed by atoms with van der Waals surface area (Å²) in [5.41, 5.74) is 0. The van der Waals surface area contributed by atoms with Gasteiger partial charge < -0.3 is 9.84 Å². The van der Waals surface area contributed by atoms with Crippen LogP contribution in [-0.2, 0) is 19.7 Å². The van der Waals surface area contributed by atoms with Crippen LogP contribution in [0.2, 0.25) is 0 Å². The summed E-state index contributed by atoms with van der Waals surface area (Å²) in [7, 11) is -1.74. The van der Waals surface area contributed by atoms with E-state index >= 15 is 0 Å². The number of carboxylic acids is 1. The van der Waals surface area contributed by atoms with Gasteiger partial charge in [-0.25, -0.2) is 4.79 Å². The van der Waals surface area contributed by atoms with E-state index in [1.54, 1.807) is 11.4 Å². The molecular formula is C15H28N2O5S. The zero-order chi connectivity index (χ0) is 16.9. The minimum absolute atomic E-state index is 0.100. The van der Waals surface area contributed by atoms with Gasteiger partial charge in [-0.1, -0.05) is 25.7 Å². The van der Waals surface area contributed by atoms with Crippen LogP contribution >= 0.6 is 0 Å². The van der Waals surface area contributed by atoms with Crippen LogP contribution in [0.5, 0.6) is 0 Å². The van der Waals surface area contributed by atoms with Crippen molar-refractivity contribution < 1.29 is 23.1 Å². The average molecular weight is 348 g/mol. The Balaban J connectivity index is 1.88. The molecule has 23 heavy (non-hydrogen) atoms. The summed E-state index contributed by atoms with van der Waals surface area (Å²) in [5.74, 6) is -0.992. The fourth-order valence-corrected chi connectivity index (χ4v) is 5.03. The normalized spacial score (nSPS) is 23.0. The molecule has 0 radical (unpaired) electrons. The van der Waals surface area contributed by atoms with Crippen molar-refractivity contribution in [2.24, 2.45) is 0 Å². The molecule has 2 rings (SSSR count). The van der Waals surface area contributed by atoms with Gasteiger partial charge in [-0.15, -0.1) is 0 Å². The highest BCUT2D eigenvalue weighted by Crippen LogP contribution is 2.26. The highest BCUT2D eigenvalue weighted by atomic mass is 32.2. The van der Waals surface area contributed by atoms with Gasteiger partial charge in [0, 0.05) is 26.2 Å². The van der Waals surface area contributed by atoms with Gasteiger partial charge in [0.2, 0.25) is 0 Å². The number of hydrogen-bond donors (Lipinski definition) is 1. The van der Waals surface area contributed by atoms with Gasteiger partial charge >= 0.3 is 5.97 Å². The van der Waals surface area contributed by atoms with Gasteiger partial charge in [0.05, 0.1) is 6.10 Å². The van der Waals surface area contributed by atoms with E-state index in [1.807, 2.05) is 0 Å². The van der Waals surface area contributed by atoms with E-state index in [0.29, 0.717) is 25.9 Å². The predicted octanol–water partition coefficient (Wildman–Crippen LogP) is 1.45. The number of rotatable bonds is 6. The first-order valence-electron chi connectivity index (χ1n) is 8.48. The topological polar surface area (TPSA) is 87.2 Å². The molecule has 0 aromatic carbocycles. The van der Waals surface area contributed by atoms with Crippen LogP contribution in [-0.4, -0.2) is 67.0 Å². The Morgan fingerprint density at radius 2 is 1.70 bits per heavy atom. The maximum absolute atomic E-state index is 12.8. The van der Waals surface area contributed by atoms with Crippen LogP contribution in [0.15, 0.2) is 0 Å². The van der Waals surface area contributed by atoms with Crippen molar-refractivity contribution in [3.05, 3.63) is 0 Å². The lowest BCUT2D eigenvalue weighted by molar-refractivity contribution is -0.145. The maximum atomic E-state index is 12.8. The number of ether oxygens (including phenoxy) is 1. The van der Waals surface area contributed by atoms with Crippen LogP contribution in [0.1, 0.15) is 51.4 Å². The van der Waals surface area contributed by atoms with Crippen molar-refractivity contribution in [3.63, 3.8) is 0 Å². The van der Waals surface area contributed by atoms with Crippen LogP contribution < -0.4 is 0 Å². The first-order chi connectivity index (χ1) is 10.9. The van der Waals surface area contributed by atoms with Crippen molar-refractivity contribution in [1.82, 2.24) is 8.61 Å². The highest BCUT2D eigenvalue weighted by molar-refractivity contribution is 7.86. The second-order valence-corrected chi connectivity index (χ2v) is 8.46. The molecule has 2 fully saturated rings. The van der Waals surface area contributed by atoms with E-state index in [9.17, 15) is 13.2 Å². The quantitative estimate of drug-likeness (QED) is 0.734. The van der Waals surface area contributed by atoms with E-state index in [-0.39, 0.29) is 18.8 Å². The van der Waals surface area contributed by atoms with Crippen LogP contribution in [0.4, 0.5) is 0 Å². The summed E-state index contributed by atoms with van der Waals surface area (Å²) < 4.78 is 33.9. The molecule has 0 amide bonds. The van der Waals surface area contributed by atoms with Crippen molar-refractivity contribution in [1.29, 1.82) is 0 Å². The van der Waals surface area contributed by atoms with Crippen molar-refractivity contribution in [2.45, 2.75) is 63.5 Å². The highest BCUT2D eigenvalue weighted by Gasteiger charge is 2.34. The molecule has 0 spiro atoms. The molecule has 1 aliphatic heterocycles. The number of carbonyl (C=O) groups is 1. The third-order valence-corrected chi connectivity index (χ3v) is 6.92. The van der Waals surface area contributed by atoms with Gasteiger partial charge in [-0.2, -0.15) is 17.0 Å². The maximum Gasteiger partial charge on any atom is 0.329 e. The monoisotopic (exact) mass is 348 g/mol. The van der Waals surface area contributed by atoms with Crippen molar-refractivity contribution >= 4 is 16.2 Å². The number of carboxylic acid groups (broad SMARTS) is 1. The summed E-state index contributed by atoms with van der Waals surface area (Å²) in [6.45, 7) is 0.465. The summed E-state index contributed by atoms with van der Waals surface area (Å²) in [6.07, 6.45) is 7.37. The lowest BCUT2D eigenvalue weighted by atomic mass is 10.1. The van der Waals surface area contributed by atoms with E-state index in [0.717, 1.165) is 25.7 Å². The molecule has 1 saturated carbocycles. The molecule has 1 N–H and O–H groups in total. The first kappa shape index (κ1) is 18.6. The molecule has 2 aliphatic rings. The molecule has 0 atom stereocenters. The molecule has 0 unspecified atom stereocenters. The first-order valence-corrected chi connectivity index (χ1v) is 9.87. The zero-order valence-electron chi connectivity index (χ0n) is 13.8. The van der Waals surface area contributed by atoms with Crippen molar-refractivity contribution in [2.75, 3.05) is 26.7 Å². The molecule has 1 heterocycles. The number of hydrogen-bond acceptors (Lipinski definition) is 4. The average Bonchev–Trinajstić information content (AvgIpc) is 2.81. The number of piperidine rings is 1. The second-order valence-electron chi connectivity index (χ2n) is 6.47. The zero-order valence-corrected chi connectivity index (χ0v) is 14.6. The molecule has 0 aromatic rings. The third-order valence-electron chi connectivity index (χ3n) is 4.87. The Hall–Kier alpha value is -0.700. The fourth-order valence-electron chi connectivity index (χ4n) is 3.41. The fraction of sp³-hybridized carbons (Fsp3) is 0.933. The van der Waals surface area contributed by atoms with E-state index in [1.165, 1.54) is 17.1 Å². The largest absolute Gasteiger partial charge is 0.480 e. The van der Waals surface area contributed by atoms with Crippen LogP contribution in [0.3, 0.4) is 0 Å². The summed E-state index contributed by atoms with van der Waals surface area (Å²) in [4.78, 5) is 10.5. The molecule has 1 saturated heterocycles. The van der Waals surface area contributed by atoms with E-state index in [4.69, 9.17) is 9.84 Å². The van der Waals surface area contributed by atoms with Crippen molar-refractivity contribution in [3.8, 4) is 0 Å². The Morgan fingerprint density at radius 3 is 2.22 bits per heavy atom. The second kappa shape index (κ2) is 8.41. The third kappa shape index (κ3) is 5.14. The summed E-state index contributed by atoms with van der Waals surface area (Å²) in [6, 6.07) is 0.100. The number of nitrogens with zero attached hydrogens (tertiary/aromatic N) is 2. The summed E-state index contributed by atoms with van der Waals surface area (Å²) >= 11 is 0. The molecule has 0 bridgehead atoms. The van der Waals surface area contributed by atoms with Crippen LogP contribution in [0.25, 0.3) is 0 Å².